The number of nitrogens with one attached hydrogen (secondary N) is 1. The second-order valence-corrected chi connectivity index (χ2v) is 7.17. The van der Waals surface area contributed by atoms with E-state index < -0.39 is 5.82 Å². The second-order valence-electron chi connectivity index (χ2n) is 6.73. The summed E-state index contributed by atoms with van der Waals surface area (Å²) >= 11 is 5.74. The molecule has 0 spiro atoms. The third-order valence-electron chi connectivity index (χ3n) is 4.89. The molecule has 1 fully saturated rings. The maximum atomic E-state index is 13.9. The highest BCUT2D eigenvalue weighted by Gasteiger charge is 2.28. The second kappa shape index (κ2) is 7.19. The Bertz CT molecular complexity index is 846. The number of benzene rings is 1. The van der Waals surface area contributed by atoms with E-state index in [4.69, 9.17) is 11.6 Å². The van der Waals surface area contributed by atoms with Crippen LogP contribution in [0.4, 0.5) is 14.9 Å². The molecular formula is C18H20ClFN6O. The van der Waals surface area contributed by atoms with Gasteiger partial charge in [-0.15, -0.1) is 0 Å². The number of nitrogens with zero attached hydrogens (tertiary/aromatic N) is 5. The number of piperazine rings is 1. The van der Waals surface area contributed by atoms with E-state index in [1.165, 1.54) is 12.1 Å². The number of anilines is 1. The lowest BCUT2D eigenvalue weighted by Crippen LogP contribution is -2.50. The number of hydrogen-bond acceptors (Lipinski definition) is 5. The number of halogens is 2. The molecule has 1 N–H and O–H groups in total. The highest BCUT2D eigenvalue weighted by atomic mass is 35.5. The van der Waals surface area contributed by atoms with Crippen molar-refractivity contribution in [3.63, 3.8) is 0 Å². The Kier molecular flexibility index (Phi) is 4.73. The molecule has 1 atom stereocenters. The lowest BCUT2D eigenvalue weighted by Gasteiger charge is -2.37. The van der Waals surface area contributed by atoms with Crippen molar-refractivity contribution in [1.29, 1.82) is 0 Å². The average molecular weight is 391 g/mol. The number of aliphatic imine (C=N–C) groups is 2. The van der Waals surface area contributed by atoms with Crippen molar-refractivity contribution in [2.24, 2.45) is 9.98 Å². The van der Waals surface area contributed by atoms with Crippen LogP contribution in [-0.4, -0.2) is 71.7 Å². The zero-order valence-corrected chi connectivity index (χ0v) is 15.7. The lowest BCUT2D eigenvalue weighted by atomic mass is 10.2. The number of fused-ring (bicyclic) bond motifs is 1. The lowest BCUT2D eigenvalue weighted by molar-refractivity contribution is 0.166. The number of carbonyl (C=O) groups is 1. The highest BCUT2D eigenvalue weighted by molar-refractivity contribution is 6.30. The molecule has 9 heteroatoms. The smallest absolute Gasteiger partial charge is 0.322 e. The van der Waals surface area contributed by atoms with Gasteiger partial charge in [0.25, 0.3) is 0 Å². The van der Waals surface area contributed by atoms with E-state index in [1.807, 2.05) is 12.4 Å². The number of hydrogen-bond donors (Lipinski definition) is 1. The molecule has 27 heavy (non-hydrogen) atoms. The van der Waals surface area contributed by atoms with Gasteiger partial charge in [-0.1, -0.05) is 11.6 Å². The van der Waals surface area contributed by atoms with Gasteiger partial charge in [-0.3, -0.25) is 4.99 Å². The Balaban J connectivity index is 1.34. The van der Waals surface area contributed by atoms with E-state index in [1.54, 1.807) is 11.0 Å². The standard InChI is InChI=1S/C18H20ClFN6O/c1-12-10-21-17-9-16(22-11-26(12)17)24-4-6-25(7-5-24)18(27)23-15-3-2-13(19)8-14(15)20/h2-3,8-9,11-12H,4-7,10H2,1H3,(H,23,27). The largest absolute Gasteiger partial charge is 0.353 e. The summed E-state index contributed by atoms with van der Waals surface area (Å²) in [5.41, 5.74) is 0.125. The third kappa shape index (κ3) is 3.62. The third-order valence-corrected chi connectivity index (χ3v) is 5.13. The van der Waals surface area contributed by atoms with E-state index in [9.17, 15) is 9.18 Å². The van der Waals surface area contributed by atoms with Gasteiger partial charge in [0, 0.05) is 37.3 Å². The van der Waals surface area contributed by atoms with Crippen molar-refractivity contribution in [2.75, 3.05) is 38.0 Å². The first-order chi connectivity index (χ1) is 13.0. The van der Waals surface area contributed by atoms with Crippen LogP contribution in [0.5, 0.6) is 0 Å². The van der Waals surface area contributed by atoms with E-state index in [2.05, 4.69) is 32.0 Å². The summed E-state index contributed by atoms with van der Waals surface area (Å²) in [4.78, 5) is 27.3. The average Bonchev–Trinajstić information content (AvgIpc) is 3.04. The molecule has 2 amide bonds. The quantitative estimate of drug-likeness (QED) is 0.844. The van der Waals surface area contributed by atoms with Crippen molar-refractivity contribution in [1.82, 2.24) is 14.7 Å². The number of carbonyl (C=O) groups excluding carboxylic acids is 1. The van der Waals surface area contributed by atoms with Crippen molar-refractivity contribution in [3.8, 4) is 0 Å². The van der Waals surface area contributed by atoms with Crippen LogP contribution < -0.4 is 5.32 Å². The fourth-order valence-corrected chi connectivity index (χ4v) is 3.44. The maximum Gasteiger partial charge on any atom is 0.322 e. The van der Waals surface area contributed by atoms with Gasteiger partial charge in [-0.2, -0.15) is 0 Å². The molecule has 4 rings (SSSR count). The van der Waals surface area contributed by atoms with E-state index in [0.717, 1.165) is 18.2 Å². The molecule has 0 radical (unpaired) electrons. The van der Waals surface area contributed by atoms with E-state index in [-0.39, 0.29) is 11.7 Å². The topological polar surface area (TPSA) is 63.5 Å². The molecule has 7 nitrogen and oxygen atoms in total. The van der Waals surface area contributed by atoms with Crippen molar-refractivity contribution >= 4 is 35.5 Å². The SMILES string of the molecule is CC1CN=C2C=C(N3CCN(C(=O)Nc4ccc(Cl)cc4F)CC3)N=CN21. The minimum absolute atomic E-state index is 0.125. The molecule has 1 aromatic carbocycles. The van der Waals surface area contributed by atoms with Crippen LogP contribution >= 0.6 is 11.6 Å². The predicted molar refractivity (Wildman–Crippen MR) is 104 cm³/mol. The van der Waals surface area contributed by atoms with Gasteiger partial charge in [0.15, 0.2) is 0 Å². The van der Waals surface area contributed by atoms with Crippen molar-refractivity contribution in [2.45, 2.75) is 13.0 Å². The minimum Gasteiger partial charge on any atom is -0.353 e. The van der Waals surface area contributed by atoms with Crippen LogP contribution in [-0.2, 0) is 0 Å². The van der Waals surface area contributed by atoms with E-state index >= 15 is 0 Å². The molecule has 0 aliphatic carbocycles. The number of amidine groups is 1. The summed E-state index contributed by atoms with van der Waals surface area (Å²) in [6, 6.07) is 4.20. The van der Waals surface area contributed by atoms with Crippen LogP contribution in [0.15, 0.2) is 40.1 Å². The van der Waals surface area contributed by atoms with Crippen LogP contribution in [0.2, 0.25) is 5.02 Å². The van der Waals surface area contributed by atoms with Gasteiger partial charge in [0.05, 0.1) is 24.6 Å². The maximum absolute atomic E-state index is 13.9. The Morgan fingerprint density at radius 1 is 1.30 bits per heavy atom. The zero-order valence-electron chi connectivity index (χ0n) is 14.9. The van der Waals surface area contributed by atoms with Crippen LogP contribution in [0.3, 0.4) is 0 Å². The zero-order chi connectivity index (χ0) is 19.0. The summed E-state index contributed by atoms with van der Waals surface area (Å²) in [7, 11) is 0. The predicted octanol–water partition coefficient (Wildman–Crippen LogP) is 2.61. The Morgan fingerprint density at radius 3 is 2.81 bits per heavy atom. The molecule has 0 saturated carbocycles. The first kappa shape index (κ1) is 17.8. The number of rotatable bonds is 2. The summed E-state index contributed by atoms with van der Waals surface area (Å²) < 4.78 is 13.9. The number of urea groups is 1. The number of amides is 2. The van der Waals surface area contributed by atoms with Gasteiger partial charge in [-0.05, 0) is 25.1 Å². The van der Waals surface area contributed by atoms with Gasteiger partial charge in [0.1, 0.15) is 17.5 Å². The molecule has 3 aliphatic rings. The highest BCUT2D eigenvalue weighted by Crippen LogP contribution is 2.21. The van der Waals surface area contributed by atoms with Crippen LogP contribution in [0.1, 0.15) is 6.92 Å². The van der Waals surface area contributed by atoms with Gasteiger partial charge >= 0.3 is 6.03 Å². The fraction of sp³-hybridized carbons (Fsp3) is 0.389. The first-order valence-electron chi connectivity index (χ1n) is 8.86. The van der Waals surface area contributed by atoms with Crippen molar-refractivity contribution < 1.29 is 9.18 Å². The molecular weight excluding hydrogens is 371 g/mol. The Hall–Kier alpha value is -2.61. The summed E-state index contributed by atoms with van der Waals surface area (Å²) in [5, 5.41) is 2.89. The summed E-state index contributed by atoms with van der Waals surface area (Å²) in [5.74, 6) is 1.25. The van der Waals surface area contributed by atoms with Crippen molar-refractivity contribution in [3.05, 3.63) is 40.9 Å². The van der Waals surface area contributed by atoms with Gasteiger partial charge < -0.3 is 20.0 Å². The fourth-order valence-electron chi connectivity index (χ4n) is 3.28. The minimum atomic E-state index is -0.549. The summed E-state index contributed by atoms with van der Waals surface area (Å²) in [6.07, 6.45) is 3.82. The van der Waals surface area contributed by atoms with Crippen LogP contribution in [0, 0.1) is 5.82 Å². The monoisotopic (exact) mass is 390 g/mol. The molecule has 1 aromatic rings. The molecule has 0 aromatic heterocycles. The molecule has 142 valence electrons. The Morgan fingerprint density at radius 2 is 2.07 bits per heavy atom. The molecule has 3 heterocycles. The molecule has 0 bridgehead atoms. The Labute approximate surface area is 161 Å². The van der Waals surface area contributed by atoms with Crippen LogP contribution in [0.25, 0.3) is 0 Å². The molecule has 1 unspecified atom stereocenters. The summed E-state index contributed by atoms with van der Waals surface area (Å²) in [6.45, 7) is 5.26. The molecule has 1 saturated heterocycles. The van der Waals surface area contributed by atoms with E-state index in [0.29, 0.717) is 37.2 Å². The van der Waals surface area contributed by atoms with Gasteiger partial charge in [0.2, 0.25) is 0 Å². The van der Waals surface area contributed by atoms with Gasteiger partial charge in [-0.25, -0.2) is 14.2 Å². The molecule has 3 aliphatic heterocycles. The normalized spacial score (nSPS) is 21.7. The first-order valence-corrected chi connectivity index (χ1v) is 9.23.